The molecule has 0 aromatic heterocycles. The summed E-state index contributed by atoms with van der Waals surface area (Å²) in [5.74, 6) is 0.780. The maximum absolute atomic E-state index is 12.2. The van der Waals surface area contributed by atoms with Crippen LogP contribution in [0.25, 0.3) is 0 Å². The Hall–Kier alpha value is -1.03. The highest BCUT2D eigenvalue weighted by molar-refractivity contribution is 9.10. The first-order valence-corrected chi connectivity index (χ1v) is 7.13. The molecule has 18 heavy (non-hydrogen) atoms. The third-order valence-corrected chi connectivity index (χ3v) is 3.88. The molecule has 2 rings (SSSR count). The minimum absolute atomic E-state index is 0.0337. The molecule has 0 saturated heterocycles. The number of carbonyl (C=O) groups is 1. The van der Waals surface area contributed by atoms with Crippen molar-refractivity contribution < 1.29 is 4.79 Å². The number of halogens is 1. The fourth-order valence-corrected chi connectivity index (χ4v) is 2.63. The van der Waals surface area contributed by atoms with Gasteiger partial charge in [0.05, 0.1) is 0 Å². The Balaban J connectivity index is 2.07. The highest BCUT2D eigenvalue weighted by atomic mass is 79.9. The van der Waals surface area contributed by atoms with Crippen molar-refractivity contribution in [1.82, 2.24) is 5.32 Å². The molecule has 4 heteroatoms. The van der Waals surface area contributed by atoms with E-state index < -0.39 is 0 Å². The van der Waals surface area contributed by atoms with E-state index in [0.717, 1.165) is 22.4 Å². The van der Waals surface area contributed by atoms with E-state index in [1.165, 1.54) is 12.8 Å². The van der Waals surface area contributed by atoms with Crippen molar-refractivity contribution in [2.24, 2.45) is 5.92 Å². The fraction of sp³-hybridized carbons (Fsp3) is 0.500. The molecule has 0 heterocycles. The van der Waals surface area contributed by atoms with Gasteiger partial charge in [0, 0.05) is 21.8 Å². The molecule has 0 spiro atoms. The van der Waals surface area contributed by atoms with Crippen LogP contribution in [0.15, 0.2) is 16.6 Å². The lowest BCUT2D eigenvalue weighted by Crippen LogP contribution is -2.33. The summed E-state index contributed by atoms with van der Waals surface area (Å²) in [6, 6.07) is 3.87. The normalized spacial score (nSPS) is 16.4. The van der Waals surface area contributed by atoms with Crippen molar-refractivity contribution in [2.45, 2.75) is 39.2 Å². The van der Waals surface area contributed by atoms with Gasteiger partial charge in [-0.15, -0.1) is 0 Å². The van der Waals surface area contributed by atoms with Crippen molar-refractivity contribution in [2.75, 3.05) is 5.73 Å². The van der Waals surface area contributed by atoms with Crippen LogP contribution in [0.3, 0.4) is 0 Å². The number of nitrogen functional groups attached to an aromatic ring is 1. The third-order valence-electron chi connectivity index (χ3n) is 3.42. The average molecular weight is 311 g/mol. The Morgan fingerprint density at radius 3 is 2.83 bits per heavy atom. The lowest BCUT2D eigenvalue weighted by molar-refractivity contribution is 0.0937. The molecule has 0 bridgehead atoms. The van der Waals surface area contributed by atoms with Gasteiger partial charge in [-0.3, -0.25) is 4.79 Å². The first kappa shape index (κ1) is 13.4. The summed E-state index contributed by atoms with van der Waals surface area (Å²) in [6.45, 7) is 3.94. The molecule has 1 saturated carbocycles. The molecule has 0 aliphatic heterocycles. The van der Waals surface area contributed by atoms with E-state index >= 15 is 0 Å². The van der Waals surface area contributed by atoms with E-state index in [2.05, 4.69) is 28.2 Å². The van der Waals surface area contributed by atoms with Gasteiger partial charge in [-0.25, -0.2) is 0 Å². The largest absolute Gasteiger partial charge is 0.398 e. The van der Waals surface area contributed by atoms with Crippen LogP contribution in [0, 0.1) is 12.8 Å². The van der Waals surface area contributed by atoms with Gasteiger partial charge >= 0.3 is 0 Å². The second-order valence-electron chi connectivity index (χ2n) is 5.22. The zero-order valence-corrected chi connectivity index (χ0v) is 12.4. The van der Waals surface area contributed by atoms with E-state index in [9.17, 15) is 4.79 Å². The number of nitrogens with two attached hydrogens (primary N) is 1. The molecule has 98 valence electrons. The topological polar surface area (TPSA) is 55.1 Å². The van der Waals surface area contributed by atoms with E-state index in [4.69, 9.17) is 5.73 Å². The van der Waals surface area contributed by atoms with E-state index in [-0.39, 0.29) is 11.9 Å². The molecule has 1 aromatic rings. The first-order valence-electron chi connectivity index (χ1n) is 6.34. The highest BCUT2D eigenvalue weighted by Crippen LogP contribution is 2.33. The van der Waals surface area contributed by atoms with Crippen molar-refractivity contribution in [3.05, 3.63) is 27.7 Å². The van der Waals surface area contributed by atoms with Gasteiger partial charge in [0.25, 0.3) is 5.91 Å². The Morgan fingerprint density at radius 1 is 1.56 bits per heavy atom. The van der Waals surface area contributed by atoms with Crippen LogP contribution >= 0.6 is 15.9 Å². The molecule has 1 atom stereocenters. The lowest BCUT2D eigenvalue weighted by atomic mass is 10.1. The molecule has 3 N–H and O–H groups in total. The summed E-state index contributed by atoms with van der Waals surface area (Å²) in [7, 11) is 0. The van der Waals surface area contributed by atoms with E-state index in [0.29, 0.717) is 11.3 Å². The predicted molar refractivity (Wildman–Crippen MR) is 77.6 cm³/mol. The van der Waals surface area contributed by atoms with Gasteiger partial charge in [0.15, 0.2) is 0 Å². The van der Waals surface area contributed by atoms with Crippen molar-refractivity contribution in [3.8, 4) is 0 Å². The number of anilines is 1. The zero-order chi connectivity index (χ0) is 13.3. The summed E-state index contributed by atoms with van der Waals surface area (Å²) in [4.78, 5) is 12.2. The third kappa shape index (κ3) is 3.25. The average Bonchev–Trinajstić information content (AvgIpc) is 3.06. The second kappa shape index (κ2) is 5.31. The fourth-order valence-electron chi connectivity index (χ4n) is 2.15. The molecule has 1 aliphatic rings. The number of hydrogen-bond donors (Lipinski definition) is 2. The molecular weight excluding hydrogens is 292 g/mol. The van der Waals surface area contributed by atoms with Gasteiger partial charge in [-0.1, -0.05) is 28.8 Å². The number of benzene rings is 1. The standard InChI is InChI=1S/C14H19BrN2O/c1-8(5-10-3-4-10)17-14(18)12-6-11(15)7-13(16)9(12)2/h6-8,10H,3-5,16H2,1-2H3,(H,17,18). The van der Waals surface area contributed by atoms with Gasteiger partial charge in [-0.2, -0.15) is 0 Å². The molecule has 3 nitrogen and oxygen atoms in total. The van der Waals surface area contributed by atoms with Crippen LogP contribution in [-0.2, 0) is 0 Å². The monoisotopic (exact) mass is 310 g/mol. The van der Waals surface area contributed by atoms with Crippen molar-refractivity contribution in [3.63, 3.8) is 0 Å². The summed E-state index contributed by atoms with van der Waals surface area (Å²) >= 11 is 3.37. The SMILES string of the molecule is Cc1c(N)cc(Br)cc1C(=O)NC(C)CC1CC1. The molecule has 0 radical (unpaired) electrons. The highest BCUT2D eigenvalue weighted by Gasteiger charge is 2.24. The summed E-state index contributed by atoms with van der Waals surface area (Å²) < 4.78 is 0.839. The number of carbonyl (C=O) groups excluding carboxylic acids is 1. The van der Waals surface area contributed by atoms with E-state index in [1.807, 2.05) is 19.1 Å². The molecule has 1 aliphatic carbocycles. The Kier molecular flexibility index (Phi) is 3.95. The van der Waals surface area contributed by atoms with Gasteiger partial charge in [0.2, 0.25) is 0 Å². The quantitative estimate of drug-likeness (QED) is 0.839. The number of rotatable bonds is 4. The van der Waals surface area contributed by atoms with Crippen LogP contribution in [0.1, 0.15) is 42.1 Å². The summed E-state index contributed by atoms with van der Waals surface area (Å²) in [5, 5.41) is 3.05. The predicted octanol–water partition coefficient (Wildman–Crippen LogP) is 3.26. The minimum Gasteiger partial charge on any atom is -0.398 e. The molecule has 1 aromatic carbocycles. The Morgan fingerprint density at radius 2 is 2.22 bits per heavy atom. The van der Waals surface area contributed by atoms with Gasteiger partial charge < -0.3 is 11.1 Å². The minimum atomic E-state index is -0.0337. The van der Waals surface area contributed by atoms with Crippen LogP contribution in [0.4, 0.5) is 5.69 Å². The summed E-state index contributed by atoms with van der Waals surface area (Å²) in [6.07, 6.45) is 3.69. The van der Waals surface area contributed by atoms with E-state index in [1.54, 1.807) is 0 Å². The van der Waals surface area contributed by atoms with Crippen LogP contribution < -0.4 is 11.1 Å². The van der Waals surface area contributed by atoms with Crippen LogP contribution in [0.2, 0.25) is 0 Å². The summed E-state index contributed by atoms with van der Waals surface area (Å²) in [5.41, 5.74) is 8.01. The number of amides is 1. The number of nitrogens with one attached hydrogen (secondary N) is 1. The van der Waals surface area contributed by atoms with Crippen molar-refractivity contribution in [1.29, 1.82) is 0 Å². The van der Waals surface area contributed by atoms with Gasteiger partial charge in [-0.05, 0) is 43.9 Å². The maximum atomic E-state index is 12.2. The Bertz CT molecular complexity index is 469. The molecule has 1 fully saturated rings. The van der Waals surface area contributed by atoms with Crippen LogP contribution in [0.5, 0.6) is 0 Å². The molecule has 1 amide bonds. The van der Waals surface area contributed by atoms with Crippen molar-refractivity contribution >= 4 is 27.5 Å². The molecular formula is C14H19BrN2O. The first-order chi connectivity index (χ1) is 8.47. The van der Waals surface area contributed by atoms with Crippen LogP contribution in [-0.4, -0.2) is 11.9 Å². The van der Waals surface area contributed by atoms with Gasteiger partial charge in [0.1, 0.15) is 0 Å². The smallest absolute Gasteiger partial charge is 0.251 e. The zero-order valence-electron chi connectivity index (χ0n) is 10.8. The molecule has 1 unspecified atom stereocenters. The Labute approximate surface area is 116 Å². The lowest BCUT2D eigenvalue weighted by Gasteiger charge is -2.15. The number of hydrogen-bond acceptors (Lipinski definition) is 2. The maximum Gasteiger partial charge on any atom is 0.251 e. The second-order valence-corrected chi connectivity index (χ2v) is 6.14.